The van der Waals surface area contributed by atoms with Crippen molar-refractivity contribution < 1.29 is 4.74 Å². The summed E-state index contributed by atoms with van der Waals surface area (Å²) in [6.07, 6.45) is 0. The summed E-state index contributed by atoms with van der Waals surface area (Å²) in [5.41, 5.74) is 2.02. The van der Waals surface area contributed by atoms with E-state index in [2.05, 4.69) is 4.98 Å². The molecule has 0 N–H and O–H groups in total. The van der Waals surface area contributed by atoms with E-state index in [0.717, 1.165) is 36.6 Å². The average Bonchev–Trinajstić information content (AvgIpc) is 2.90. The molecule has 2 nitrogen and oxygen atoms in total. The molecular formula is C16H13Cl2NOS2. The first-order valence-electron chi connectivity index (χ1n) is 6.76. The molecule has 2 aromatic carbocycles. The maximum atomic E-state index is 6.19. The molecule has 0 unspecified atom stereocenters. The molecule has 0 atom stereocenters. The minimum Gasteiger partial charge on any atom is -0.494 e. The summed E-state index contributed by atoms with van der Waals surface area (Å²) in [7, 11) is 0. The van der Waals surface area contributed by atoms with Crippen molar-refractivity contribution in [3.63, 3.8) is 0 Å². The molecule has 0 saturated heterocycles. The first-order chi connectivity index (χ1) is 10.7. The van der Waals surface area contributed by atoms with Gasteiger partial charge in [0.1, 0.15) is 5.75 Å². The van der Waals surface area contributed by atoms with E-state index >= 15 is 0 Å². The first kappa shape index (κ1) is 15.9. The Labute approximate surface area is 147 Å². The lowest BCUT2D eigenvalue weighted by atomic mass is 10.2. The SMILES string of the molecule is CCOc1ccc2nc(SCc3cc(Cl)ccc3Cl)sc2c1. The summed E-state index contributed by atoms with van der Waals surface area (Å²) in [5.74, 6) is 1.63. The van der Waals surface area contributed by atoms with E-state index in [-0.39, 0.29) is 0 Å². The van der Waals surface area contributed by atoms with Gasteiger partial charge in [0.2, 0.25) is 0 Å². The number of aromatic nitrogens is 1. The van der Waals surface area contributed by atoms with Crippen molar-refractivity contribution in [3.8, 4) is 5.75 Å². The zero-order valence-corrected chi connectivity index (χ0v) is 15.0. The van der Waals surface area contributed by atoms with Gasteiger partial charge in [0, 0.05) is 15.8 Å². The Hall–Kier alpha value is -0.940. The zero-order chi connectivity index (χ0) is 15.5. The quantitative estimate of drug-likeness (QED) is 0.493. The van der Waals surface area contributed by atoms with Crippen LogP contribution in [0.4, 0.5) is 0 Å². The summed E-state index contributed by atoms with van der Waals surface area (Å²) >= 11 is 15.5. The number of hydrogen-bond donors (Lipinski definition) is 0. The average molecular weight is 370 g/mol. The fourth-order valence-electron chi connectivity index (χ4n) is 2.00. The molecule has 0 aliphatic carbocycles. The van der Waals surface area contributed by atoms with E-state index in [1.807, 2.05) is 37.3 Å². The van der Waals surface area contributed by atoms with Crippen LogP contribution in [0, 0.1) is 0 Å². The molecule has 22 heavy (non-hydrogen) atoms. The summed E-state index contributed by atoms with van der Waals surface area (Å²) in [6, 6.07) is 11.5. The smallest absolute Gasteiger partial charge is 0.151 e. The van der Waals surface area contributed by atoms with Crippen molar-refractivity contribution in [2.75, 3.05) is 6.61 Å². The molecule has 3 rings (SSSR count). The van der Waals surface area contributed by atoms with Crippen LogP contribution in [0.25, 0.3) is 10.2 Å². The van der Waals surface area contributed by atoms with E-state index in [1.54, 1.807) is 29.2 Å². The third kappa shape index (κ3) is 3.69. The van der Waals surface area contributed by atoms with Crippen molar-refractivity contribution in [3.05, 3.63) is 52.0 Å². The zero-order valence-electron chi connectivity index (χ0n) is 11.8. The van der Waals surface area contributed by atoms with Crippen LogP contribution in [0.3, 0.4) is 0 Å². The fraction of sp³-hybridized carbons (Fsp3) is 0.188. The van der Waals surface area contributed by atoms with Gasteiger partial charge in [-0.3, -0.25) is 0 Å². The third-order valence-electron chi connectivity index (χ3n) is 3.01. The van der Waals surface area contributed by atoms with Gasteiger partial charge in [-0.15, -0.1) is 11.3 Å². The van der Waals surface area contributed by atoms with Crippen LogP contribution in [0.5, 0.6) is 5.75 Å². The summed E-state index contributed by atoms with van der Waals surface area (Å²) in [4.78, 5) is 4.63. The minimum absolute atomic E-state index is 0.666. The maximum Gasteiger partial charge on any atom is 0.151 e. The summed E-state index contributed by atoms with van der Waals surface area (Å²) in [5, 5.41) is 1.43. The number of ether oxygens (including phenoxy) is 1. The number of thiazole rings is 1. The molecule has 3 aromatic rings. The van der Waals surface area contributed by atoms with Crippen LogP contribution in [-0.2, 0) is 5.75 Å². The monoisotopic (exact) mass is 369 g/mol. The van der Waals surface area contributed by atoms with Crippen LogP contribution in [-0.4, -0.2) is 11.6 Å². The van der Waals surface area contributed by atoms with E-state index in [1.165, 1.54) is 0 Å². The van der Waals surface area contributed by atoms with Crippen molar-refractivity contribution in [2.24, 2.45) is 0 Å². The summed E-state index contributed by atoms with van der Waals surface area (Å²) in [6.45, 7) is 2.64. The third-order valence-corrected chi connectivity index (χ3v) is 5.82. The van der Waals surface area contributed by atoms with Gasteiger partial charge >= 0.3 is 0 Å². The standard InChI is InChI=1S/C16H13Cl2NOS2/c1-2-20-12-4-6-14-15(8-12)22-16(19-14)21-9-10-7-11(17)3-5-13(10)18/h3-8H,2,9H2,1H3. The lowest BCUT2D eigenvalue weighted by molar-refractivity contribution is 0.341. The van der Waals surface area contributed by atoms with Gasteiger partial charge in [-0.25, -0.2) is 4.98 Å². The highest BCUT2D eigenvalue weighted by Gasteiger charge is 2.08. The Balaban J connectivity index is 1.77. The lowest BCUT2D eigenvalue weighted by Gasteiger charge is -2.02. The molecule has 114 valence electrons. The van der Waals surface area contributed by atoms with Crippen LogP contribution in [0.2, 0.25) is 10.0 Å². The number of hydrogen-bond acceptors (Lipinski definition) is 4. The van der Waals surface area contributed by atoms with Crippen LogP contribution in [0.1, 0.15) is 12.5 Å². The van der Waals surface area contributed by atoms with Crippen LogP contribution >= 0.6 is 46.3 Å². The largest absolute Gasteiger partial charge is 0.494 e. The second kappa shape index (κ2) is 7.09. The molecular weight excluding hydrogens is 357 g/mol. The Kier molecular flexibility index (Phi) is 5.14. The number of halogens is 2. The molecule has 0 spiro atoms. The molecule has 0 bridgehead atoms. The first-order valence-corrected chi connectivity index (χ1v) is 9.31. The molecule has 1 aromatic heterocycles. The van der Waals surface area contributed by atoms with Crippen molar-refractivity contribution in [1.29, 1.82) is 0 Å². The highest BCUT2D eigenvalue weighted by atomic mass is 35.5. The predicted octanol–water partition coefficient (Wildman–Crippen LogP) is 6.29. The van der Waals surface area contributed by atoms with E-state index in [9.17, 15) is 0 Å². The van der Waals surface area contributed by atoms with Gasteiger partial charge < -0.3 is 4.74 Å². The molecule has 0 aliphatic rings. The Morgan fingerprint density at radius 2 is 2.05 bits per heavy atom. The van der Waals surface area contributed by atoms with Crippen LogP contribution < -0.4 is 4.74 Å². The van der Waals surface area contributed by atoms with Crippen LogP contribution in [0.15, 0.2) is 40.7 Å². The number of nitrogens with zero attached hydrogens (tertiary/aromatic N) is 1. The minimum atomic E-state index is 0.666. The predicted molar refractivity (Wildman–Crippen MR) is 96.8 cm³/mol. The fourth-order valence-corrected chi connectivity index (χ4v) is 4.54. The van der Waals surface area contributed by atoms with Gasteiger partial charge in [-0.05, 0) is 48.9 Å². The molecule has 1 heterocycles. The van der Waals surface area contributed by atoms with E-state index in [4.69, 9.17) is 27.9 Å². The Morgan fingerprint density at radius 3 is 2.86 bits per heavy atom. The Bertz CT molecular complexity index is 804. The second-order valence-electron chi connectivity index (χ2n) is 4.57. The number of thioether (sulfide) groups is 1. The molecule has 0 amide bonds. The number of rotatable bonds is 5. The highest BCUT2D eigenvalue weighted by molar-refractivity contribution is 8.00. The van der Waals surface area contributed by atoms with Gasteiger partial charge in [0.25, 0.3) is 0 Å². The number of benzene rings is 2. The van der Waals surface area contributed by atoms with E-state index in [0.29, 0.717) is 11.6 Å². The van der Waals surface area contributed by atoms with Crippen molar-refractivity contribution in [1.82, 2.24) is 4.98 Å². The lowest BCUT2D eigenvalue weighted by Crippen LogP contribution is -1.89. The van der Waals surface area contributed by atoms with Gasteiger partial charge in [-0.2, -0.15) is 0 Å². The molecule has 6 heteroatoms. The molecule has 0 aliphatic heterocycles. The molecule has 0 radical (unpaired) electrons. The van der Waals surface area contributed by atoms with E-state index < -0.39 is 0 Å². The maximum absolute atomic E-state index is 6.19. The van der Waals surface area contributed by atoms with Gasteiger partial charge in [-0.1, -0.05) is 35.0 Å². The second-order valence-corrected chi connectivity index (χ2v) is 7.66. The normalized spacial score (nSPS) is 11.0. The van der Waals surface area contributed by atoms with Gasteiger partial charge in [0.05, 0.1) is 16.8 Å². The topological polar surface area (TPSA) is 22.1 Å². The summed E-state index contributed by atoms with van der Waals surface area (Å²) < 4.78 is 7.67. The van der Waals surface area contributed by atoms with Crippen molar-refractivity contribution >= 4 is 56.5 Å². The molecule has 0 saturated carbocycles. The van der Waals surface area contributed by atoms with Gasteiger partial charge in [0.15, 0.2) is 4.34 Å². The highest BCUT2D eigenvalue weighted by Crippen LogP contribution is 2.35. The Morgan fingerprint density at radius 1 is 1.18 bits per heavy atom. The van der Waals surface area contributed by atoms with Crippen molar-refractivity contribution in [2.45, 2.75) is 17.0 Å². The molecule has 0 fully saturated rings. The number of fused-ring (bicyclic) bond motifs is 1.